The van der Waals surface area contributed by atoms with Crippen LogP contribution in [0.2, 0.25) is 0 Å². The Morgan fingerprint density at radius 2 is 2.05 bits per heavy atom. The van der Waals surface area contributed by atoms with Crippen molar-refractivity contribution in [1.82, 2.24) is 4.98 Å². The van der Waals surface area contributed by atoms with Crippen LogP contribution >= 0.6 is 11.8 Å². The van der Waals surface area contributed by atoms with Crippen molar-refractivity contribution in [1.29, 1.82) is 0 Å². The van der Waals surface area contributed by atoms with Crippen LogP contribution in [0.3, 0.4) is 0 Å². The van der Waals surface area contributed by atoms with Gasteiger partial charge in [0, 0.05) is 28.6 Å². The van der Waals surface area contributed by atoms with E-state index in [1.54, 1.807) is 49.5 Å². The highest BCUT2D eigenvalue weighted by Crippen LogP contribution is 2.28. The van der Waals surface area contributed by atoms with Crippen LogP contribution in [0, 0.1) is 0 Å². The monoisotopic (exact) mass is 275 g/mol. The van der Waals surface area contributed by atoms with E-state index >= 15 is 0 Å². The van der Waals surface area contributed by atoms with Gasteiger partial charge in [0.05, 0.1) is 12.7 Å². The summed E-state index contributed by atoms with van der Waals surface area (Å²) >= 11 is 1.61. The van der Waals surface area contributed by atoms with Crippen LogP contribution in [0.4, 0.5) is 0 Å². The van der Waals surface area contributed by atoms with Crippen molar-refractivity contribution in [3.63, 3.8) is 0 Å². The number of hydrogen-bond donors (Lipinski definition) is 1. The third-order valence-electron chi connectivity index (χ3n) is 2.57. The van der Waals surface area contributed by atoms with Crippen molar-refractivity contribution < 1.29 is 14.6 Å². The minimum Gasteiger partial charge on any atom is -0.496 e. The Balaban J connectivity index is 2.18. The van der Waals surface area contributed by atoms with Gasteiger partial charge in [0.2, 0.25) is 0 Å². The Morgan fingerprint density at radius 1 is 1.32 bits per heavy atom. The van der Waals surface area contributed by atoms with Gasteiger partial charge >= 0.3 is 5.97 Å². The van der Waals surface area contributed by atoms with Gasteiger partial charge in [-0.3, -0.25) is 4.98 Å². The summed E-state index contributed by atoms with van der Waals surface area (Å²) in [5, 5.41) is 9.00. The summed E-state index contributed by atoms with van der Waals surface area (Å²) in [6.45, 7) is 0. The van der Waals surface area contributed by atoms with E-state index in [0.717, 1.165) is 10.5 Å². The summed E-state index contributed by atoms with van der Waals surface area (Å²) in [5.74, 6) is 0.415. The molecule has 1 N–H and O–H groups in total. The molecule has 0 radical (unpaired) electrons. The number of ether oxygens (including phenoxy) is 1. The van der Waals surface area contributed by atoms with E-state index in [2.05, 4.69) is 4.98 Å². The Kier molecular flexibility index (Phi) is 4.41. The molecule has 5 heteroatoms. The van der Waals surface area contributed by atoms with Gasteiger partial charge in [-0.25, -0.2) is 4.79 Å². The summed E-state index contributed by atoms with van der Waals surface area (Å²) in [7, 11) is 1.58. The highest BCUT2D eigenvalue weighted by Gasteiger charge is 2.09. The standard InChI is InChI=1S/C14H13NO3S/c1-18-13-3-2-10(14(16)17)8-11(13)9-19-12-4-6-15-7-5-12/h2-8H,9H2,1H3,(H,16,17). The predicted molar refractivity (Wildman–Crippen MR) is 73.8 cm³/mol. The lowest BCUT2D eigenvalue weighted by molar-refractivity contribution is 0.0696. The molecule has 0 saturated heterocycles. The molecule has 2 aromatic rings. The lowest BCUT2D eigenvalue weighted by Gasteiger charge is -2.09. The van der Waals surface area contributed by atoms with E-state index in [9.17, 15) is 4.79 Å². The van der Waals surface area contributed by atoms with Gasteiger partial charge in [0.15, 0.2) is 0 Å². The molecule has 4 nitrogen and oxygen atoms in total. The molecule has 0 fully saturated rings. The highest BCUT2D eigenvalue weighted by atomic mass is 32.2. The first kappa shape index (κ1) is 13.4. The molecule has 1 aromatic heterocycles. The normalized spacial score (nSPS) is 10.2. The van der Waals surface area contributed by atoms with E-state index in [1.165, 1.54) is 0 Å². The zero-order valence-corrected chi connectivity index (χ0v) is 11.2. The first-order valence-electron chi connectivity index (χ1n) is 5.63. The van der Waals surface area contributed by atoms with Gasteiger partial charge in [0.1, 0.15) is 5.75 Å². The summed E-state index contributed by atoms with van der Waals surface area (Å²) in [6.07, 6.45) is 3.46. The topological polar surface area (TPSA) is 59.4 Å². The van der Waals surface area contributed by atoms with Gasteiger partial charge in [-0.2, -0.15) is 0 Å². The molecule has 0 bridgehead atoms. The lowest BCUT2D eigenvalue weighted by atomic mass is 10.1. The molecule has 2 rings (SSSR count). The molecule has 1 aromatic carbocycles. The molecule has 0 aliphatic heterocycles. The number of carboxylic acid groups (broad SMARTS) is 1. The number of benzene rings is 1. The minimum absolute atomic E-state index is 0.270. The molecule has 0 saturated carbocycles. The second-order valence-corrected chi connectivity index (χ2v) is 4.85. The van der Waals surface area contributed by atoms with Crippen LogP contribution in [0.15, 0.2) is 47.6 Å². The van der Waals surface area contributed by atoms with Crippen molar-refractivity contribution in [3.05, 3.63) is 53.9 Å². The van der Waals surface area contributed by atoms with Crippen LogP contribution in [-0.4, -0.2) is 23.2 Å². The number of rotatable bonds is 5. The summed E-state index contributed by atoms with van der Waals surface area (Å²) in [5.41, 5.74) is 1.13. The van der Waals surface area contributed by atoms with Gasteiger partial charge in [-0.1, -0.05) is 0 Å². The number of aromatic nitrogens is 1. The molecule has 0 aliphatic rings. The largest absolute Gasteiger partial charge is 0.496 e. The van der Waals surface area contributed by atoms with Crippen LogP contribution in [0.5, 0.6) is 5.75 Å². The fourth-order valence-electron chi connectivity index (χ4n) is 1.62. The predicted octanol–water partition coefficient (Wildman–Crippen LogP) is 3.08. The first-order chi connectivity index (χ1) is 9.20. The second-order valence-electron chi connectivity index (χ2n) is 3.80. The van der Waals surface area contributed by atoms with Crippen LogP contribution in [-0.2, 0) is 5.75 Å². The Morgan fingerprint density at radius 3 is 2.68 bits per heavy atom. The molecule has 1 heterocycles. The summed E-state index contributed by atoms with van der Waals surface area (Å²) in [6, 6.07) is 8.71. The maximum absolute atomic E-state index is 11.0. The van der Waals surface area contributed by atoms with Crippen molar-refractivity contribution in [2.24, 2.45) is 0 Å². The number of methoxy groups -OCH3 is 1. The van der Waals surface area contributed by atoms with Gasteiger partial charge < -0.3 is 9.84 Å². The zero-order valence-electron chi connectivity index (χ0n) is 10.4. The second kappa shape index (κ2) is 6.24. The van der Waals surface area contributed by atoms with Crippen molar-refractivity contribution in [2.75, 3.05) is 7.11 Å². The van der Waals surface area contributed by atoms with Gasteiger partial charge in [0.25, 0.3) is 0 Å². The van der Waals surface area contributed by atoms with Gasteiger partial charge in [-0.05, 0) is 30.3 Å². The molecular weight excluding hydrogens is 262 g/mol. The molecular formula is C14H13NO3S. The zero-order chi connectivity index (χ0) is 13.7. The lowest BCUT2D eigenvalue weighted by Crippen LogP contribution is -1.99. The highest BCUT2D eigenvalue weighted by molar-refractivity contribution is 7.98. The number of aromatic carboxylic acids is 1. The Labute approximate surface area is 115 Å². The number of nitrogens with zero attached hydrogens (tertiary/aromatic N) is 1. The van der Waals surface area contributed by atoms with Gasteiger partial charge in [-0.15, -0.1) is 11.8 Å². The van der Waals surface area contributed by atoms with Crippen molar-refractivity contribution in [3.8, 4) is 5.75 Å². The number of hydrogen-bond acceptors (Lipinski definition) is 4. The summed E-state index contributed by atoms with van der Waals surface area (Å²) in [4.78, 5) is 16.0. The third-order valence-corrected chi connectivity index (χ3v) is 3.63. The van der Waals surface area contributed by atoms with Crippen LogP contribution < -0.4 is 4.74 Å². The Hall–Kier alpha value is -2.01. The van der Waals surface area contributed by atoms with Crippen LogP contribution in [0.25, 0.3) is 0 Å². The molecule has 0 amide bonds. The number of thioether (sulfide) groups is 1. The van der Waals surface area contributed by atoms with Crippen molar-refractivity contribution >= 4 is 17.7 Å². The SMILES string of the molecule is COc1ccc(C(=O)O)cc1CSc1ccncc1. The van der Waals surface area contributed by atoms with E-state index in [1.807, 2.05) is 12.1 Å². The average Bonchev–Trinajstić information content (AvgIpc) is 2.45. The average molecular weight is 275 g/mol. The first-order valence-corrected chi connectivity index (χ1v) is 6.62. The Bertz CT molecular complexity index is 572. The number of pyridine rings is 1. The number of carbonyl (C=O) groups is 1. The molecule has 0 unspecified atom stereocenters. The third kappa shape index (κ3) is 3.48. The fraction of sp³-hybridized carbons (Fsp3) is 0.143. The van der Waals surface area contributed by atoms with Crippen LogP contribution in [0.1, 0.15) is 15.9 Å². The molecule has 0 aliphatic carbocycles. The molecule has 98 valence electrons. The fourth-order valence-corrected chi connectivity index (χ4v) is 2.48. The van der Waals surface area contributed by atoms with E-state index in [-0.39, 0.29) is 5.56 Å². The van der Waals surface area contributed by atoms with E-state index in [4.69, 9.17) is 9.84 Å². The quantitative estimate of drug-likeness (QED) is 0.850. The maximum Gasteiger partial charge on any atom is 0.335 e. The smallest absolute Gasteiger partial charge is 0.335 e. The van der Waals surface area contributed by atoms with E-state index in [0.29, 0.717) is 11.5 Å². The molecule has 0 spiro atoms. The number of carboxylic acids is 1. The molecule has 19 heavy (non-hydrogen) atoms. The summed E-state index contributed by atoms with van der Waals surface area (Å²) < 4.78 is 5.25. The molecule has 0 atom stereocenters. The van der Waals surface area contributed by atoms with Crippen molar-refractivity contribution in [2.45, 2.75) is 10.6 Å². The van der Waals surface area contributed by atoms with E-state index < -0.39 is 5.97 Å². The minimum atomic E-state index is -0.933. The maximum atomic E-state index is 11.0.